The van der Waals surface area contributed by atoms with Gasteiger partial charge in [-0.05, 0) is 37.3 Å². The Kier molecular flexibility index (Phi) is 5.38. The number of nitrogens with one attached hydrogen (secondary N) is 1. The van der Waals surface area contributed by atoms with Gasteiger partial charge in [0.15, 0.2) is 11.6 Å². The van der Waals surface area contributed by atoms with E-state index in [4.69, 9.17) is 9.47 Å². The van der Waals surface area contributed by atoms with E-state index in [2.05, 4.69) is 20.5 Å². The van der Waals surface area contributed by atoms with E-state index < -0.39 is 5.82 Å². The maximum atomic E-state index is 14.3. The molecule has 1 aromatic heterocycles. The van der Waals surface area contributed by atoms with Crippen LogP contribution in [0.4, 0.5) is 10.3 Å². The maximum Gasteiger partial charge on any atom is 0.246 e. The van der Waals surface area contributed by atoms with Gasteiger partial charge in [-0.25, -0.2) is 14.8 Å². The van der Waals surface area contributed by atoms with Crippen LogP contribution in [0.25, 0.3) is 0 Å². The van der Waals surface area contributed by atoms with Crippen LogP contribution in [0.2, 0.25) is 0 Å². The molecule has 26 heavy (non-hydrogen) atoms. The van der Waals surface area contributed by atoms with Gasteiger partial charge in [-0.3, -0.25) is 0 Å². The van der Waals surface area contributed by atoms with Gasteiger partial charge in [0.05, 0.1) is 12.8 Å². The summed E-state index contributed by atoms with van der Waals surface area (Å²) in [7, 11) is 1.52. The van der Waals surface area contributed by atoms with Gasteiger partial charge in [-0.2, -0.15) is 10.1 Å². The molecule has 3 aromatic rings. The van der Waals surface area contributed by atoms with Crippen molar-refractivity contribution in [2.24, 2.45) is 5.10 Å². The minimum absolute atomic E-state index is 0.150. The lowest BCUT2D eigenvalue weighted by Crippen LogP contribution is -2.03. The number of aromatic nitrogens is 2. The molecule has 0 amide bonds. The van der Waals surface area contributed by atoms with Crippen LogP contribution in [0.3, 0.4) is 0 Å². The lowest BCUT2D eigenvalue weighted by atomic mass is 10.1. The maximum absolute atomic E-state index is 14.3. The van der Waals surface area contributed by atoms with Gasteiger partial charge in [0.1, 0.15) is 5.75 Å². The zero-order valence-corrected chi connectivity index (χ0v) is 14.3. The highest BCUT2D eigenvalue weighted by Crippen LogP contribution is 2.25. The fourth-order valence-corrected chi connectivity index (χ4v) is 2.13. The monoisotopic (exact) mass is 352 g/mol. The van der Waals surface area contributed by atoms with Gasteiger partial charge in [-0.1, -0.05) is 18.2 Å². The molecule has 1 heterocycles. The summed E-state index contributed by atoms with van der Waals surface area (Å²) < 4.78 is 24.9. The van der Waals surface area contributed by atoms with Gasteiger partial charge < -0.3 is 9.47 Å². The molecule has 3 rings (SSSR count). The molecule has 0 bridgehead atoms. The van der Waals surface area contributed by atoms with E-state index in [-0.39, 0.29) is 11.7 Å². The minimum atomic E-state index is -0.474. The molecule has 0 saturated carbocycles. The molecule has 0 spiro atoms. The van der Waals surface area contributed by atoms with Gasteiger partial charge in [-0.15, -0.1) is 0 Å². The first-order valence-corrected chi connectivity index (χ1v) is 7.86. The lowest BCUT2D eigenvalue weighted by molar-refractivity contribution is 0.397. The Labute approximate surface area is 150 Å². The van der Waals surface area contributed by atoms with Crippen molar-refractivity contribution < 1.29 is 13.9 Å². The first-order chi connectivity index (χ1) is 12.7. The van der Waals surface area contributed by atoms with E-state index in [1.165, 1.54) is 13.2 Å². The third kappa shape index (κ3) is 4.32. The van der Waals surface area contributed by atoms with Crippen LogP contribution < -0.4 is 14.9 Å². The second-order valence-electron chi connectivity index (χ2n) is 5.29. The molecule has 0 aliphatic carbocycles. The summed E-state index contributed by atoms with van der Waals surface area (Å²) in [6.45, 7) is 1.75. The van der Waals surface area contributed by atoms with Crippen LogP contribution in [0.5, 0.6) is 17.4 Å². The van der Waals surface area contributed by atoms with E-state index in [0.29, 0.717) is 22.9 Å². The summed E-state index contributed by atoms with van der Waals surface area (Å²) in [5, 5.41) is 4.17. The molecular weight excluding hydrogens is 335 g/mol. The Morgan fingerprint density at radius 2 is 1.92 bits per heavy atom. The lowest BCUT2D eigenvalue weighted by Gasteiger charge is -2.08. The number of hydrogen-bond acceptors (Lipinski definition) is 6. The largest absolute Gasteiger partial charge is 0.481 e. The van der Waals surface area contributed by atoms with Gasteiger partial charge in [0.25, 0.3) is 0 Å². The van der Waals surface area contributed by atoms with E-state index in [1.54, 1.807) is 43.5 Å². The standard InChI is InChI=1S/C19H17FN4O2/c1-13(23-24-19-21-11-10-18(22-19)25-2)14-8-9-17(16(20)12-14)26-15-6-4-3-5-7-15/h3-12H,1-2H3,(H,21,22,24)/b23-13+. The number of ether oxygens (including phenoxy) is 2. The molecule has 0 aliphatic heterocycles. The number of nitrogens with zero attached hydrogens (tertiary/aromatic N) is 3. The molecular formula is C19H17FN4O2. The van der Waals surface area contributed by atoms with Crippen molar-refractivity contribution in [2.75, 3.05) is 12.5 Å². The summed E-state index contributed by atoms with van der Waals surface area (Å²) >= 11 is 0. The molecule has 0 fully saturated rings. The van der Waals surface area contributed by atoms with Crippen LogP contribution in [0.15, 0.2) is 65.9 Å². The molecule has 0 radical (unpaired) electrons. The Morgan fingerprint density at radius 3 is 2.65 bits per heavy atom. The number of hydrazone groups is 1. The van der Waals surface area contributed by atoms with Crippen molar-refractivity contribution in [3.8, 4) is 17.4 Å². The first kappa shape index (κ1) is 17.3. The minimum Gasteiger partial charge on any atom is -0.481 e. The predicted octanol–water partition coefficient (Wildman–Crippen LogP) is 4.25. The first-order valence-electron chi connectivity index (χ1n) is 7.86. The Morgan fingerprint density at radius 1 is 1.12 bits per heavy atom. The SMILES string of the molecule is COc1ccnc(N/N=C(\C)c2ccc(Oc3ccccc3)c(F)c2)n1. The number of anilines is 1. The van der Waals surface area contributed by atoms with Crippen LogP contribution in [0, 0.1) is 5.82 Å². The van der Waals surface area contributed by atoms with Crippen molar-refractivity contribution in [3.05, 3.63) is 72.2 Å². The van der Waals surface area contributed by atoms with Gasteiger partial charge in [0, 0.05) is 17.8 Å². The fourth-order valence-electron chi connectivity index (χ4n) is 2.13. The Balaban J connectivity index is 1.73. The summed E-state index contributed by atoms with van der Waals surface area (Å²) in [5.74, 6) is 0.953. The van der Waals surface area contributed by atoms with Crippen LogP contribution in [-0.2, 0) is 0 Å². The van der Waals surface area contributed by atoms with E-state index in [9.17, 15) is 4.39 Å². The van der Waals surface area contributed by atoms with E-state index in [0.717, 1.165) is 0 Å². The van der Waals surface area contributed by atoms with Crippen LogP contribution >= 0.6 is 0 Å². The fraction of sp³-hybridized carbons (Fsp3) is 0.105. The van der Waals surface area contributed by atoms with E-state index >= 15 is 0 Å². The number of methoxy groups -OCH3 is 1. The normalized spacial score (nSPS) is 11.1. The molecule has 132 valence electrons. The third-order valence-electron chi connectivity index (χ3n) is 3.48. The van der Waals surface area contributed by atoms with Crippen molar-refractivity contribution in [1.29, 1.82) is 0 Å². The number of benzene rings is 2. The molecule has 7 heteroatoms. The highest BCUT2D eigenvalue weighted by atomic mass is 19.1. The topological polar surface area (TPSA) is 68.6 Å². The van der Waals surface area contributed by atoms with Crippen molar-refractivity contribution >= 4 is 11.7 Å². The smallest absolute Gasteiger partial charge is 0.246 e. The summed E-state index contributed by atoms with van der Waals surface area (Å²) in [4.78, 5) is 8.12. The summed E-state index contributed by atoms with van der Waals surface area (Å²) in [6, 6.07) is 15.3. The van der Waals surface area contributed by atoms with Gasteiger partial charge >= 0.3 is 0 Å². The summed E-state index contributed by atoms with van der Waals surface area (Å²) in [5.41, 5.74) is 3.90. The van der Waals surface area contributed by atoms with Crippen molar-refractivity contribution in [2.45, 2.75) is 6.92 Å². The molecule has 6 nitrogen and oxygen atoms in total. The average Bonchev–Trinajstić information content (AvgIpc) is 2.68. The second kappa shape index (κ2) is 8.06. The average molecular weight is 352 g/mol. The quantitative estimate of drug-likeness (QED) is 0.530. The number of halogens is 1. The van der Waals surface area contributed by atoms with Gasteiger partial charge in [0.2, 0.25) is 11.8 Å². The predicted molar refractivity (Wildman–Crippen MR) is 97.3 cm³/mol. The van der Waals surface area contributed by atoms with Crippen LogP contribution in [0.1, 0.15) is 12.5 Å². The van der Waals surface area contributed by atoms with Crippen LogP contribution in [-0.4, -0.2) is 22.8 Å². The number of rotatable bonds is 6. The zero-order valence-electron chi connectivity index (χ0n) is 14.3. The molecule has 0 unspecified atom stereocenters. The molecule has 1 N–H and O–H groups in total. The highest BCUT2D eigenvalue weighted by Gasteiger charge is 2.08. The molecule has 0 saturated heterocycles. The Bertz CT molecular complexity index is 916. The molecule has 0 atom stereocenters. The Hall–Kier alpha value is -3.48. The van der Waals surface area contributed by atoms with E-state index in [1.807, 2.05) is 18.2 Å². The van der Waals surface area contributed by atoms with Crippen molar-refractivity contribution in [1.82, 2.24) is 9.97 Å². The zero-order chi connectivity index (χ0) is 18.4. The molecule has 0 aliphatic rings. The second-order valence-corrected chi connectivity index (χ2v) is 5.29. The number of hydrogen-bond donors (Lipinski definition) is 1. The molecule has 2 aromatic carbocycles. The van der Waals surface area contributed by atoms with Crippen molar-refractivity contribution in [3.63, 3.8) is 0 Å². The summed E-state index contributed by atoms with van der Waals surface area (Å²) in [6.07, 6.45) is 1.55. The third-order valence-corrected chi connectivity index (χ3v) is 3.48. The number of para-hydroxylation sites is 1. The highest BCUT2D eigenvalue weighted by molar-refractivity contribution is 5.99.